The van der Waals surface area contributed by atoms with Gasteiger partial charge in [0.05, 0.1) is 0 Å². The predicted octanol–water partition coefficient (Wildman–Crippen LogP) is 1.73. The van der Waals surface area contributed by atoms with Gasteiger partial charge in [-0.15, -0.1) is 0 Å². The van der Waals surface area contributed by atoms with E-state index in [1.54, 1.807) is 0 Å². The van der Waals surface area contributed by atoms with Crippen molar-refractivity contribution in [3.8, 4) is 0 Å². The van der Waals surface area contributed by atoms with Crippen LogP contribution < -0.4 is 5.32 Å². The van der Waals surface area contributed by atoms with Gasteiger partial charge >= 0.3 is 0 Å². The summed E-state index contributed by atoms with van der Waals surface area (Å²) in [5, 5.41) is 3.45. The molecule has 1 heterocycles. The minimum Gasteiger partial charge on any atom is -0.381 e. The van der Waals surface area contributed by atoms with Crippen molar-refractivity contribution in [2.45, 2.75) is 39.2 Å². The molecule has 1 aliphatic rings. The van der Waals surface area contributed by atoms with Crippen molar-refractivity contribution in [3.63, 3.8) is 0 Å². The van der Waals surface area contributed by atoms with Crippen LogP contribution in [0.25, 0.3) is 0 Å². The van der Waals surface area contributed by atoms with Crippen molar-refractivity contribution in [2.24, 2.45) is 5.92 Å². The maximum absolute atomic E-state index is 5.40. The van der Waals surface area contributed by atoms with Gasteiger partial charge in [0.25, 0.3) is 0 Å². The summed E-state index contributed by atoms with van der Waals surface area (Å²) in [7, 11) is 2.26. The van der Waals surface area contributed by atoms with Gasteiger partial charge in [0.1, 0.15) is 0 Å². The number of rotatable bonds is 7. The van der Waals surface area contributed by atoms with Crippen molar-refractivity contribution in [1.29, 1.82) is 0 Å². The predicted molar refractivity (Wildman–Crippen MR) is 68.8 cm³/mol. The van der Waals surface area contributed by atoms with Gasteiger partial charge < -0.3 is 15.0 Å². The highest BCUT2D eigenvalue weighted by Crippen LogP contribution is 2.17. The summed E-state index contributed by atoms with van der Waals surface area (Å²) in [6.45, 7) is 9.79. The summed E-state index contributed by atoms with van der Waals surface area (Å²) in [4.78, 5) is 2.53. The molecule has 1 rings (SSSR count). The average molecular weight is 228 g/mol. The van der Waals surface area contributed by atoms with Gasteiger partial charge in [-0.25, -0.2) is 0 Å². The van der Waals surface area contributed by atoms with Crippen LogP contribution in [0.4, 0.5) is 0 Å². The SMILES string of the molecule is CCNCC(CC)N(C)CC1CCOCC1. The third-order valence-electron chi connectivity index (χ3n) is 3.61. The van der Waals surface area contributed by atoms with Crippen LogP contribution in [0.3, 0.4) is 0 Å². The maximum Gasteiger partial charge on any atom is 0.0469 e. The van der Waals surface area contributed by atoms with Gasteiger partial charge in [-0.1, -0.05) is 13.8 Å². The lowest BCUT2D eigenvalue weighted by molar-refractivity contribution is 0.0500. The molecule has 0 aromatic carbocycles. The summed E-state index contributed by atoms with van der Waals surface area (Å²) in [5.41, 5.74) is 0. The van der Waals surface area contributed by atoms with Gasteiger partial charge in [-0.3, -0.25) is 0 Å². The molecule has 0 spiro atoms. The van der Waals surface area contributed by atoms with Gasteiger partial charge in [0, 0.05) is 32.3 Å². The molecule has 1 fully saturated rings. The fourth-order valence-corrected chi connectivity index (χ4v) is 2.41. The fourth-order valence-electron chi connectivity index (χ4n) is 2.41. The van der Waals surface area contributed by atoms with Crippen LogP contribution in [0.2, 0.25) is 0 Å². The van der Waals surface area contributed by atoms with Crippen LogP contribution in [0.5, 0.6) is 0 Å². The molecule has 3 nitrogen and oxygen atoms in total. The van der Waals surface area contributed by atoms with Crippen molar-refractivity contribution >= 4 is 0 Å². The van der Waals surface area contributed by atoms with Gasteiger partial charge in [0.2, 0.25) is 0 Å². The molecule has 96 valence electrons. The Morgan fingerprint density at radius 1 is 1.31 bits per heavy atom. The minimum atomic E-state index is 0.683. The van der Waals surface area contributed by atoms with Crippen LogP contribution in [0.1, 0.15) is 33.1 Å². The van der Waals surface area contributed by atoms with Crippen molar-refractivity contribution in [1.82, 2.24) is 10.2 Å². The quantitative estimate of drug-likeness (QED) is 0.718. The zero-order valence-corrected chi connectivity index (χ0v) is 11.2. The second-order valence-corrected chi connectivity index (χ2v) is 4.87. The first-order valence-electron chi connectivity index (χ1n) is 6.76. The van der Waals surface area contributed by atoms with Crippen LogP contribution in [0.15, 0.2) is 0 Å². The monoisotopic (exact) mass is 228 g/mol. The van der Waals surface area contributed by atoms with E-state index in [4.69, 9.17) is 4.74 Å². The first-order valence-corrected chi connectivity index (χ1v) is 6.76. The molecule has 1 N–H and O–H groups in total. The molecule has 3 heteroatoms. The van der Waals surface area contributed by atoms with Crippen LogP contribution >= 0.6 is 0 Å². The van der Waals surface area contributed by atoms with Gasteiger partial charge in [-0.05, 0) is 38.8 Å². The van der Waals surface area contributed by atoms with Crippen LogP contribution in [-0.4, -0.2) is 50.8 Å². The number of nitrogens with one attached hydrogen (secondary N) is 1. The normalized spacial score (nSPS) is 20.2. The van der Waals surface area contributed by atoms with Crippen LogP contribution in [0, 0.1) is 5.92 Å². The molecule has 16 heavy (non-hydrogen) atoms. The third-order valence-corrected chi connectivity index (χ3v) is 3.61. The summed E-state index contributed by atoms with van der Waals surface area (Å²) < 4.78 is 5.40. The fraction of sp³-hybridized carbons (Fsp3) is 1.00. The van der Waals surface area contributed by atoms with Gasteiger partial charge in [0.15, 0.2) is 0 Å². The molecule has 0 amide bonds. The topological polar surface area (TPSA) is 24.5 Å². The first-order chi connectivity index (χ1) is 7.77. The zero-order chi connectivity index (χ0) is 11.8. The van der Waals surface area contributed by atoms with Gasteiger partial charge in [-0.2, -0.15) is 0 Å². The Labute approximate surface area is 101 Å². The number of nitrogens with zero attached hydrogens (tertiary/aromatic N) is 1. The van der Waals surface area contributed by atoms with E-state index in [9.17, 15) is 0 Å². The van der Waals surface area contributed by atoms with E-state index in [-0.39, 0.29) is 0 Å². The molecule has 1 saturated heterocycles. The van der Waals surface area contributed by atoms with Crippen molar-refractivity contribution in [3.05, 3.63) is 0 Å². The highest BCUT2D eigenvalue weighted by molar-refractivity contribution is 4.74. The van der Waals surface area contributed by atoms with E-state index in [1.807, 2.05) is 0 Å². The summed E-state index contributed by atoms with van der Waals surface area (Å²) >= 11 is 0. The largest absolute Gasteiger partial charge is 0.381 e. The number of likely N-dealkylation sites (N-methyl/N-ethyl adjacent to an activating group) is 2. The molecule has 0 aliphatic carbocycles. The van der Waals surface area contributed by atoms with E-state index < -0.39 is 0 Å². The highest BCUT2D eigenvalue weighted by Gasteiger charge is 2.19. The van der Waals surface area contributed by atoms with Crippen molar-refractivity contribution in [2.75, 3.05) is 39.9 Å². The summed E-state index contributed by atoms with van der Waals surface area (Å²) in [6.07, 6.45) is 3.71. The molecular formula is C13H28N2O. The number of hydrogen-bond donors (Lipinski definition) is 1. The Hall–Kier alpha value is -0.120. The molecule has 0 radical (unpaired) electrons. The minimum absolute atomic E-state index is 0.683. The summed E-state index contributed by atoms with van der Waals surface area (Å²) in [5.74, 6) is 0.842. The average Bonchev–Trinajstić information content (AvgIpc) is 2.31. The first kappa shape index (κ1) is 13.9. The molecule has 0 aromatic rings. The smallest absolute Gasteiger partial charge is 0.0469 e. The second-order valence-electron chi connectivity index (χ2n) is 4.87. The lowest BCUT2D eigenvalue weighted by Gasteiger charge is -2.32. The zero-order valence-electron chi connectivity index (χ0n) is 11.2. The maximum atomic E-state index is 5.40. The highest BCUT2D eigenvalue weighted by atomic mass is 16.5. The Balaban J connectivity index is 2.26. The summed E-state index contributed by atoms with van der Waals surface area (Å²) in [6, 6.07) is 0.683. The number of hydrogen-bond acceptors (Lipinski definition) is 3. The Bertz CT molecular complexity index is 169. The van der Waals surface area contributed by atoms with Crippen LogP contribution in [-0.2, 0) is 4.74 Å². The van der Waals surface area contributed by atoms with E-state index in [0.29, 0.717) is 6.04 Å². The lowest BCUT2D eigenvalue weighted by Crippen LogP contribution is -2.42. The number of ether oxygens (including phenoxy) is 1. The molecule has 1 unspecified atom stereocenters. The molecule has 1 aliphatic heterocycles. The lowest BCUT2D eigenvalue weighted by atomic mass is 9.99. The molecule has 0 saturated carbocycles. The molecule has 0 bridgehead atoms. The Morgan fingerprint density at radius 2 is 2.00 bits per heavy atom. The molecule has 1 atom stereocenters. The standard InChI is InChI=1S/C13H28N2O/c1-4-13(10-14-5-2)15(3)11-12-6-8-16-9-7-12/h12-14H,4-11H2,1-3H3. The Morgan fingerprint density at radius 3 is 2.56 bits per heavy atom. The molecule has 0 aromatic heterocycles. The third kappa shape index (κ3) is 4.81. The second kappa shape index (κ2) is 8.04. The Kier molecular flexibility index (Phi) is 7.01. The van der Waals surface area contributed by atoms with E-state index in [2.05, 4.69) is 31.1 Å². The van der Waals surface area contributed by atoms with E-state index >= 15 is 0 Å². The van der Waals surface area contributed by atoms with E-state index in [1.165, 1.54) is 25.8 Å². The van der Waals surface area contributed by atoms with Crippen molar-refractivity contribution < 1.29 is 4.74 Å². The van der Waals surface area contributed by atoms with E-state index in [0.717, 1.165) is 32.2 Å². The molecular weight excluding hydrogens is 200 g/mol.